The number of fused-ring (bicyclic) bond motifs is 1. The third kappa shape index (κ3) is 4.56. The fourth-order valence-corrected chi connectivity index (χ4v) is 5.33. The molecule has 4 aromatic rings. The number of sulfonamides is 1. The molecule has 3 aromatic carbocycles. The molecule has 0 spiro atoms. The van der Waals surface area contributed by atoms with Gasteiger partial charge in [0.05, 0.1) is 23.3 Å². The van der Waals surface area contributed by atoms with Crippen LogP contribution in [0.15, 0.2) is 92.8 Å². The molecule has 164 valence electrons. The summed E-state index contributed by atoms with van der Waals surface area (Å²) in [6, 6.07) is 20.8. The summed E-state index contributed by atoms with van der Waals surface area (Å²) in [5, 5.41) is 3.68. The predicted molar refractivity (Wildman–Crippen MR) is 129 cm³/mol. The third-order valence-electron chi connectivity index (χ3n) is 5.02. The second-order valence-corrected chi connectivity index (χ2v) is 9.93. The summed E-state index contributed by atoms with van der Waals surface area (Å²) in [6.45, 7) is 2.09. The van der Waals surface area contributed by atoms with Crippen LogP contribution in [0, 0.1) is 0 Å². The van der Waals surface area contributed by atoms with Crippen molar-refractivity contribution in [3.63, 3.8) is 0 Å². The van der Waals surface area contributed by atoms with Crippen LogP contribution >= 0.6 is 15.9 Å². The number of halogens is 1. The summed E-state index contributed by atoms with van der Waals surface area (Å²) in [4.78, 5) is 12.7. The molecule has 0 aliphatic carbocycles. The Kier molecular flexibility index (Phi) is 6.34. The molecule has 0 bridgehead atoms. The highest BCUT2D eigenvalue weighted by molar-refractivity contribution is 9.10. The minimum absolute atomic E-state index is 0.140. The van der Waals surface area contributed by atoms with Gasteiger partial charge in [0.15, 0.2) is 0 Å². The van der Waals surface area contributed by atoms with Crippen molar-refractivity contribution >= 4 is 54.2 Å². The van der Waals surface area contributed by atoms with E-state index in [1.807, 2.05) is 24.3 Å². The van der Waals surface area contributed by atoms with Crippen LogP contribution in [-0.4, -0.2) is 20.9 Å². The first-order valence-electron chi connectivity index (χ1n) is 10.0. The van der Waals surface area contributed by atoms with Gasteiger partial charge in [-0.05, 0) is 61.5 Å². The Balaban J connectivity index is 1.48. The number of hydrogen-bond acceptors (Lipinski definition) is 4. The van der Waals surface area contributed by atoms with Gasteiger partial charge in [-0.2, -0.15) is 0 Å². The molecule has 0 saturated carbocycles. The first-order valence-corrected chi connectivity index (χ1v) is 12.2. The van der Waals surface area contributed by atoms with Crippen molar-refractivity contribution in [2.75, 3.05) is 16.2 Å². The Morgan fingerprint density at radius 1 is 1.03 bits per heavy atom. The summed E-state index contributed by atoms with van der Waals surface area (Å²) < 4.78 is 33.9. The zero-order valence-electron chi connectivity index (χ0n) is 17.3. The highest BCUT2D eigenvalue weighted by atomic mass is 79.9. The van der Waals surface area contributed by atoms with Crippen molar-refractivity contribution in [3.8, 4) is 0 Å². The van der Waals surface area contributed by atoms with E-state index in [2.05, 4.69) is 21.2 Å². The smallest absolute Gasteiger partial charge is 0.264 e. The molecule has 4 rings (SSSR count). The first-order chi connectivity index (χ1) is 15.4. The summed E-state index contributed by atoms with van der Waals surface area (Å²) >= 11 is 3.43. The van der Waals surface area contributed by atoms with Gasteiger partial charge in [0.25, 0.3) is 10.0 Å². The van der Waals surface area contributed by atoms with Crippen molar-refractivity contribution in [2.24, 2.45) is 0 Å². The van der Waals surface area contributed by atoms with Crippen LogP contribution in [0.3, 0.4) is 0 Å². The van der Waals surface area contributed by atoms with Crippen molar-refractivity contribution in [1.29, 1.82) is 0 Å². The van der Waals surface area contributed by atoms with Crippen LogP contribution in [0.25, 0.3) is 11.0 Å². The minimum atomic E-state index is -3.72. The van der Waals surface area contributed by atoms with Crippen LogP contribution in [0.2, 0.25) is 0 Å². The Hall–Kier alpha value is -3.10. The molecule has 0 radical (unpaired) electrons. The second kappa shape index (κ2) is 9.18. The molecular formula is C24H21BrN2O4S. The maximum absolute atomic E-state index is 13.1. The lowest BCUT2D eigenvalue weighted by Gasteiger charge is -2.23. The predicted octanol–water partition coefficient (Wildman–Crippen LogP) is 5.59. The van der Waals surface area contributed by atoms with Gasteiger partial charge in [0, 0.05) is 27.7 Å². The van der Waals surface area contributed by atoms with E-state index in [1.165, 1.54) is 16.4 Å². The number of rotatable bonds is 7. The van der Waals surface area contributed by atoms with E-state index < -0.39 is 10.0 Å². The largest absolute Gasteiger partial charge is 0.464 e. The van der Waals surface area contributed by atoms with E-state index in [0.29, 0.717) is 23.5 Å². The summed E-state index contributed by atoms with van der Waals surface area (Å²) in [6.07, 6.45) is 1.72. The summed E-state index contributed by atoms with van der Waals surface area (Å²) in [7, 11) is -3.72. The Labute approximate surface area is 195 Å². The SMILES string of the molecule is CCN(c1ccccc1)S(=O)(=O)c1ccc(NC(=O)Cc2coc3ccc(Br)cc23)cc1. The number of hydrogen-bond donors (Lipinski definition) is 1. The molecule has 0 unspecified atom stereocenters. The minimum Gasteiger partial charge on any atom is -0.464 e. The maximum atomic E-state index is 13.1. The molecule has 1 amide bonds. The number of anilines is 2. The van der Waals surface area contributed by atoms with Gasteiger partial charge in [-0.15, -0.1) is 0 Å². The van der Waals surface area contributed by atoms with E-state index in [0.717, 1.165) is 15.4 Å². The molecule has 0 fully saturated rings. The highest BCUT2D eigenvalue weighted by Crippen LogP contribution is 2.26. The molecule has 8 heteroatoms. The van der Waals surface area contributed by atoms with Crippen LogP contribution in [0.1, 0.15) is 12.5 Å². The number of nitrogens with zero attached hydrogens (tertiary/aromatic N) is 1. The summed E-state index contributed by atoms with van der Waals surface area (Å²) in [5.74, 6) is -0.220. The average Bonchev–Trinajstić information content (AvgIpc) is 3.17. The van der Waals surface area contributed by atoms with E-state index in [-0.39, 0.29) is 17.2 Å². The first kappa shape index (κ1) is 22.1. The van der Waals surface area contributed by atoms with Crippen LogP contribution in [-0.2, 0) is 21.2 Å². The number of amides is 1. The fourth-order valence-electron chi connectivity index (χ4n) is 3.49. The number of para-hydroxylation sites is 1. The standard InChI is InChI=1S/C24H21BrN2O4S/c1-2-27(20-6-4-3-5-7-20)32(29,30)21-11-9-19(10-12-21)26-24(28)14-17-16-31-23-13-8-18(25)15-22(17)23/h3-13,15-16H,2,14H2,1H3,(H,26,28). The molecule has 6 nitrogen and oxygen atoms in total. The molecule has 0 atom stereocenters. The number of furan rings is 1. The molecule has 1 heterocycles. The van der Waals surface area contributed by atoms with Gasteiger partial charge in [-0.25, -0.2) is 8.42 Å². The lowest BCUT2D eigenvalue weighted by Crippen LogP contribution is -2.30. The van der Waals surface area contributed by atoms with Crippen LogP contribution in [0.5, 0.6) is 0 Å². The van der Waals surface area contributed by atoms with E-state index in [9.17, 15) is 13.2 Å². The quantitative estimate of drug-likeness (QED) is 0.349. The molecular weight excluding hydrogens is 492 g/mol. The highest BCUT2D eigenvalue weighted by Gasteiger charge is 2.23. The van der Waals surface area contributed by atoms with Crippen molar-refractivity contribution in [1.82, 2.24) is 0 Å². The van der Waals surface area contributed by atoms with Gasteiger partial charge in [0.2, 0.25) is 5.91 Å². The Bertz CT molecular complexity index is 1350. The van der Waals surface area contributed by atoms with Crippen LogP contribution in [0.4, 0.5) is 11.4 Å². The van der Waals surface area contributed by atoms with Crippen molar-refractivity contribution < 1.29 is 17.6 Å². The number of nitrogens with one attached hydrogen (secondary N) is 1. The third-order valence-corrected chi connectivity index (χ3v) is 7.43. The van der Waals surface area contributed by atoms with Gasteiger partial charge in [-0.3, -0.25) is 9.10 Å². The van der Waals surface area contributed by atoms with Gasteiger partial charge in [0.1, 0.15) is 5.58 Å². The molecule has 0 aliphatic rings. The zero-order chi connectivity index (χ0) is 22.7. The van der Waals surface area contributed by atoms with E-state index in [4.69, 9.17) is 4.42 Å². The molecule has 0 aliphatic heterocycles. The number of benzene rings is 3. The molecule has 1 N–H and O–H groups in total. The van der Waals surface area contributed by atoms with Crippen molar-refractivity contribution in [2.45, 2.75) is 18.2 Å². The van der Waals surface area contributed by atoms with Gasteiger partial charge in [-0.1, -0.05) is 34.1 Å². The van der Waals surface area contributed by atoms with E-state index in [1.54, 1.807) is 49.6 Å². The maximum Gasteiger partial charge on any atom is 0.264 e. The van der Waals surface area contributed by atoms with Gasteiger partial charge >= 0.3 is 0 Å². The van der Waals surface area contributed by atoms with Gasteiger partial charge < -0.3 is 9.73 Å². The second-order valence-electron chi connectivity index (χ2n) is 7.16. The molecule has 0 saturated heterocycles. The summed E-state index contributed by atoms with van der Waals surface area (Å²) in [5.41, 5.74) is 2.61. The lowest BCUT2D eigenvalue weighted by atomic mass is 10.1. The molecule has 32 heavy (non-hydrogen) atoms. The van der Waals surface area contributed by atoms with Crippen LogP contribution < -0.4 is 9.62 Å². The monoisotopic (exact) mass is 512 g/mol. The number of carbonyl (C=O) groups excluding carboxylic acids is 1. The van der Waals surface area contributed by atoms with E-state index >= 15 is 0 Å². The average molecular weight is 513 g/mol. The zero-order valence-corrected chi connectivity index (χ0v) is 19.7. The van der Waals surface area contributed by atoms with Crippen molar-refractivity contribution in [3.05, 3.63) is 89.1 Å². The molecule has 1 aromatic heterocycles. The lowest BCUT2D eigenvalue weighted by molar-refractivity contribution is -0.115. The fraction of sp³-hybridized carbons (Fsp3) is 0.125. The number of carbonyl (C=O) groups is 1. The normalized spacial score (nSPS) is 11.4. The Morgan fingerprint density at radius 2 is 1.75 bits per heavy atom. The topological polar surface area (TPSA) is 79.6 Å². The Morgan fingerprint density at radius 3 is 2.44 bits per heavy atom.